The number of thiocarbonyl (C=S) groups is 1. The summed E-state index contributed by atoms with van der Waals surface area (Å²) in [5.74, 6) is -0.364. The van der Waals surface area contributed by atoms with E-state index < -0.39 is 0 Å². The van der Waals surface area contributed by atoms with Crippen molar-refractivity contribution in [2.45, 2.75) is 19.6 Å². The molecular weight excluding hydrogens is 344 g/mol. The quantitative estimate of drug-likeness (QED) is 0.628. The molecule has 0 unspecified atom stereocenters. The average Bonchev–Trinajstić information content (AvgIpc) is 2.66. The van der Waals surface area contributed by atoms with Crippen molar-refractivity contribution in [1.82, 2.24) is 10.6 Å². The second kappa shape index (κ2) is 8.45. The third kappa shape index (κ3) is 4.58. The largest absolute Gasteiger partial charge is 0.457 e. The first-order chi connectivity index (χ1) is 12.6. The van der Waals surface area contributed by atoms with Crippen molar-refractivity contribution >= 4 is 29.4 Å². The normalized spacial score (nSPS) is 17.0. The van der Waals surface area contributed by atoms with Crippen LogP contribution in [0.1, 0.15) is 18.1 Å². The number of hydrogen-bond donors (Lipinski definition) is 2. The molecule has 0 amide bonds. The first-order valence-corrected chi connectivity index (χ1v) is 8.77. The highest BCUT2D eigenvalue weighted by molar-refractivity contribution is 7.80. The van der Waals surface area contributed by atoms with Crippen molar-refractivity contribution in [2.24, 2.45) is 0 Å². The Kier molecular flexibility index (Phi) is 5.81. The summed E-state index contributed by atoms with van der Waals surface area (Å²) in [6.07, 6.45) is 3.88. The number of rotatable bonds is 5. The average molecular weight is 364 g/mol. The van der Waals surface area contributed by atoms with E-state index >= 15 is 0 Å². The fourth-order valence-corrected chi connectivity index (χ4v) is 3.00. The SMILES string of the molecule is CC1=C(C(=O)OCc2ccccc2)[C@@H](/C=C\c2ccccc2)NC(=S)N1. The second-order valence-corrected chi connectivity index (χ2v) is 6.35. The van der Waals surface area contributed by atoms with Gasteiger partial charge in [-0.1, -0.05) is 72.8 Å². The van der Waals surface area contributed by atoms with Gasteiger partial charge >= 0.3 is 5.97 Å². The number of ether oxygens (including phenoxy) is 1. The molecule has 5 heteroatoms. The van der Waals surface area contributed by atoms with Crippen molar-refractivity contribution in [2.75, 3.05) is 0 Å². The minimum Gasteiger partial charge on any atom is -0.457 e. The van der Waals surface area contributed by atoms with Gasteiger partial charge in [-0.25, -0.2) is 4.79 Å². The van der Waals surface area contributed by atoms with E-state index in [-0.39, 0.29) is 18.6 Å². The molecule has 0 fully saturated rings. The molecule has 132 valence electrons. The van der Waals surface area contributed by atoms with Gasteiger partial charge in [0, 0.05) is 5.70 Å². The van der Waals surface area contributed by atoms with Crippen molar-refractivity contribution in [3.8, 4) is 0 Å². The molecule has 2 aromatic carbocycles. The highest BCUT2D eigenvalue weighted by Crippen LogP contribution is 2.17. The molecule has 0 aliphatic carbocycles. The molecule has 0 radical (unpaired) electrons. The number of carbonyl (C=O) groups is 1. The van der Waals surface area contributed by atoms with Crippen LogP contribution in [0.5, 0.6) is 0 Å². The lowest BCUT2D eigenvalue weighted by atomic mass is 10.0. The van der Waals surface area contributed by atoms with Crippen LogP contribution in [-0.4, -0.2) is 17.1 Å². The summed E-state index contributed by atoms with van der Waals surface area (Å²) in [6, 6.07) is 19.2. The van der Waals surface area contributed by atoms with Gasteiger partial charge in [-0.2, -0.15) is 0 Å². The van der Waals surface area contributed by atoms with Crippen LogP contribution in [-0.2, 0) is 16.1 Å². The molecule has 0 spiro atoms. The van der Waals surface area contributed by atoms with Crippen molar-refractivity contribution < 1.29 is 9.53 Å². The van der Waals surface area contributed by atoms with Crippen molar-refractivity contribution in [3.63, 3.8) is 0 Å². The number of carbonyl (C=O) groups excluding carboxylic acids is 1. The molecule has 1 atom stereocenters. The minimum atomic E-state index is -0.364. The monoisotopic (exact) mass is 364 g/mol. The molecule has 2 N–H and O–H groups in total. The molecular formula is C21H20N2O2S. The van der Waals surface area contributed by atoms with Gasteiger partial charge in [0.2, 0.25) is 0 Å². The molecule has 2 aromatic rings. The van der Waals surface area contributed by atoms with Crippen LogP contribution in [0, 0.1) is 0 Å². The number of allylic oxidation sites excluding steroid dienone is 1. The predicted molar refractivity (Wildman–Crippen MR) is 107 cm³/mol. The maximum Gasteiger partial charge on any atom is 0.338 e. The van der Waals surface area contributed by atoms with E-state index in [4.69, 9.17) is 17.0 Å². The molecule has 1 aliphatic rings. The summed E-state index contributed by atoms with van der Waals surface area (Å²) < 4.78 is 5.50. The fraction of sp³-hybridized carbons (Fsp3) is 0.143. The van der Waals surface area contributed by atoms with E-state index in [2.05, 4.69) is 10.6 Å². The molecule has 1 aliphatic heterocycles. The molecule has 4 nitrogen and oxygen atoms in total. The molecule has 1 heterocycles. The smallest absolute Gasteiger partial charge is 0.338 e. The van der Waals surface area contributed by atoms with Gasteiger partial charge in [0.25, 0.3) is 0 Å². The van der Waals surface area contributed by atoms with Crippen LogP contribution >= 0.6 is 12.2 Å². The summed E-state index contributed by atoms with van der Waals surface area (Å²) >= 11 is 5.23. The Balaban J connectivity index is 1.76. The number of benzene rings is 2. The highest BCUT2D eigenvalue weighted by Gasteiger charge is 2.27. The molecule has 26 heavy (non-hydrogen) atoms. The van der Waals surface area contributed by atoms with Crippen molar-refractivity contribution in [3.05, 3.63) is 89.1 Å². The summed E-state index contributed by atoms with van der Waals surface area (Å²) in [5, 5.41) is 6.61. The Morgan fingerprint density at radius 2 is 1.77 bits per heavy atom. The first-order valence-electron chi connectivity index (χ1n) is 8.36. The lowest BCUT2D eigenvalue weighted by Crippen LogP contribution is -2.48. The van der Waals surface area contributed by atoms with Crippen LogP contribution in [0.4, 0.5) is 0 Å². The molecule has 0 saturated carbocycles. The zero-order valence-electron chi connectivity index (χ0n) is 14.4. The molecule has 0 aromatic heterocycles. The van der Waals surface area contributed by atoms with Gasteiger partial charge in [-0.05, 0) is 30.3 Å². The Labute approximate surface area is 158 Å². The zero-order chi connectivity index (χ0) is 18.4. The summed E-state index contributed by atoms with van der Waals surface area (Å²) in [4.78, 5) is 12.7. The lowest BCUT2D eigenvalue weighted by Gasteiger charge is -2.27. The summed E-state index contributed by atoms with van der Waals surface area (Å²) in [7, 11) is 0. The summed E-state index contributed by atoms with van der Waals surface area (Å²) in [6.45, 7) is 2.06. The maximum atomic E-state index is 12.7. The third-order valence-electron chi connectivity index (χ3n) is 4.02. The molecule has 0 saturated heterocycles. The Hall–Kier alpha value is -2.92. The number of nitrogens with one attached hydrogen (secondary N) is 2. The Morgan fingerprint density at radius 3 is 2.46 bits per heavy atom. The van der Waals surface area contributed by atoms with E-state index in [1.807, 2.05) is 79.7 Å². The van der Waals surface area contributed by atoms with E-state index in [9.17, 15) is 4.79 Å². The van der Waals surface area contributed by atoms with E-state index in [1.165, 1.54) is 0 Å². The van der Waals surface area contributed by atoms with Crippen molar-refractivity contribution in [1.29, 1.82) is 0 Å². The first kappa shape index (κ1) is 17.9. The zero-order valence-corrected chi connectivity index (χ0v) is 15.3. The van der Waals surface area contributed by atoms with Gasteiger partial charge in [0.15, 0.2) is 5.11 Å². The predicted octanol–water partition coefficient (Wildman–Crippen LogP) is 3.56. The standard InChI is InChI=1S/C21H20N2O2S/c1-15-19(20(24)25-14-17-10-6-3-7-11-17)18(23-21(26)22-15)13-12-16-8-4-2-5-9-16/h2-13,18H,14H2,1H3,(H2,22,23,26)/b13-12-/t18-/m1/s1. The fourth-order valence-electron chi connectivity index (χ4n) is 2.72. The van der Waals surface area contributed by atoms with Crippen LogP contribution in [0.25, 0.3) is 6.08 Å². The van der Waals surface area contributed by atoms with Gasteiger partial charge in [-0.3, -0.25) is 0 Å². The minimum absolute atomic E-state index is 0.232. The van der Waals surface area contributed by atoms with E-state index in [0.717, 1.165) is 11.1 Å². The van der Waals surface area contributed by atoms with Gasteiger partial charge < -0.3 is 15.4 Å². The number of esters is 1. The van der Waals surface area contributed by atoms with Crippen LogP contribution < -0.4 is 10.6 Å². The van der Waals surface area contributed by atoms with Crippen LogP contribution in [0.15, 0.2) is 78.0 Å². The van der Waals surface area contributed by atoms with Crippen LogP contribution in [0.2, 0.25) is 0 Å². The highest BCUT2D eigenvalue weighted by atomic mass is 32.1. The number of hydrogen-bond acceptors (Lipinski definition) is 3. The van der Waals surface area contributed by atoms with E-state index in [0.29, 0.717) is 16.4 Å². The second-order valence-electron chi connectivity index (χ2n) is 5.95. The lowest BCUT2D eigenvalue weighted by molar-refractivity contribution is -0.140. The van der Waals surface area contributed by atoms with Gasteiger partial charge in [0.05, 0.1) is 11.6 Å². The van der Waals surface area contributed by atoms with Gasteiger partial charge in [0.1, 0.15) is 6.61 Å². The maximum absolute atomic E-state index is 12.7. The summed E-state index contributed by atoms with van der Waals surface area (Å²) in [5.41, 5.74) is 3.23. The Bertz CT molecular complexity index is 845. The molecule has 0 bridgehead atoms. The van der Waals surface area contributed by atoms with E-state index in [1.54, 1.807) is 0 Å². The van der Waals surface area contributed by atoms with Gasteiger partial charge in [-0.15, -0.1) is 0 Å². The topological polar surface area (TPSA) is 50.4 Å². The molecule has 3 rings (SSSR count). The third-order valence-corrected chi connectivity index (χ3v) is 4.24. The Morgan fingerprint density at radius 1 is 1.12 bits per heavy atom. The van der Waals surface area contributed by atoms with Crippen LogP contribution in [0.3, 0.4) is 0 Å².